The van der Waals surface area contributed by atoms with Gasteiger partial charge in [0, 0.05) is 35.6 Å². The lowest BCUT2D eigenvalue weighted by atomic mass is 10.1. The maximum absolute atomic E-state index is 11.4. The Labute approximate surface area is 123 Å². The SMILES string of the molecule is CC(=O)c1ccc2c(c1)CCN2CCc1scnc1C. The van der Waals surface area contributed by atoms with E-state index in [0.29, 0.717) is 0 Å². The molecule has 0 spiro atoms. The molecule has 3 rings (SSSR count). The summed E-state index contributed by atoms with van der Waals surface area (Å²) in [6, 6.07) is 6.09. The van der Waals surface area contributed by atoms with Crippen LogP contribution in [0.15, 0.2) is 23.7 Å². The van der Waals surface area contributed by atoms with Gasteiger partial charge in [0.15, 0.2) is 5.78 Å². The molecule has 0 unspecified atom stereocenters. The number of fused-ring (bicyclic) bond motifs is 1. The Morgan fingerprint density at radius 1 is 1.45 bits per heavy atom. The van der Waals surface area contributed by atoms with Crippen molar-refractivity contribution in [3.8, 4) is 0 Å². The molecule has 3 nitrogen and oxygen atoms in total. The van der Waals surface area contributed by atoms with Gasteiger partial charge in [0.2, 0.25) is 0 Å². The van der Waals surface area contributed by atoms with Gasteiger partial charge in [-0.3, -0.25) is 4.79 Å². The summed E-state index contributed by atoms with van der Waals surface area (Å²) in [7, 11) is 0. The molecule has 0 saturated heterocycles. The number of ketones is 1. The third-order valence-corrected chi connectivity index (χ3v) is 4.93. The van der Waals surface area contributed by atoms with E-state index in [-0.39, 0.29) is 5.78 Å². The number of anilines is 1. The van der Waals surface area contributed by atoms with E-state index in [1.807, 2.05) is 11.6 Å². The largest absolute Gasteiger partial charge is 0.371 e. The van der Waals surface area contributed by atoms with Crippen LogP contribution < -0.4 is 4.90 Å². The van der Waals surface area contributed by atoms with Crippen molar-refractivity contribution in [1.29, 1.82) is 0 Å². The summed E-state index contributed by atoms with van der Waals surface area (Å²) in [5, 5.41) is 0. The molecule has 4 heteroatoms. The molecule has 0 fully saturated rings. The van der Waals surface area contributed by atoms with Crippen LogP contribution in [0.1, 0.15) is 33.4 Å². The van der Waals surface area contributed by atoms with E-state index < -0.39 is 0 Å². The lowest BCUT2D eigenvalue weighted by molar-refractivity contribution is 0.101. The minimum Gasteiger partial charge on any atom is -0.371 e. The van der Waals surface area contributed by atoms with E-state index >= 15 is 0 Å². The smallest absolute Gasteiger partial charge is 0.159 e. The van der Waals surface area contributed by atoms with Crippen LogP contribution in [-0.2, 0) is 12.8 Å². The molecule has 104 valence electrons. The molecule has 0 amide bonds. The van der Waals surface area contributed by atoms with Gasteiger partial charge in [-0.1, -0.05) is 0 Å². The molecule has 0 saturated carbocycles. The maximum atomic E-state index is 11.4. The van der Waals surface area contributed by atoms with E-state index in [0.717, 1.165) is 37.2 Å². The molecule has 1 aromatic heterocycles. The molecule has 0 N–H and O–H groups in total. The number of carbonyl (C=O) groups excluding carboxylic acids is 1. The third kappa shape index (κ3) is 2.48. The first kappa shape index (κ1) is 13.3. The van der Waals surface area contributed by atoms with Gasteiger partial charge in [0.05, 0.1) is 11.2 Å². The number of carbonyl (C=O) groups is 1. The molecule has 1 aromatic carbocycles. The standard InChI is InChI=1S/C16H18N2OS/c1-11-16(20-10-17-11)6-8-18-7-5-14-9-13(12(2)19)3-4-15(14)18/h3-4,9-10H,5-8H2,1-2H3. The number of thiazole rings is 1. The van der Waals surface area contributed by atoms with Crippen molar-refractivity contribution in [2.75, 3.05) is 18.0 Å². The second kappa shape index (κ2) is 5.37. The predicted molar refractivity (Wildman–Crippen MR) is 82.9 cm³/mol. The number of nitrogens with zero attached hydrogens (tertiary/aromatic N) is 2. The average molecular weight is 286 g/mol. The molecule has 1 aliphatic heterocycles. The van der Waals surface area contributed by atoms with Gasteiger partial charge >= 0.3 is 0 Å². The lowest BCUT2D eigenvalue weighted by Gasteiger charge is -2.19. The zero-order valence-corrected chi connectivity index (χ0v) is 12.7. The Kier molecular flexibility index (Phi) is 3.57. The number of hydrogen-bond donors (Lipinski definition) is 0. The van der Waals surface area contributed by atoms with E-state index in [4.69, 9.17) is 0 Å². The Hall–Kier alpha value is -1.68. The van der Waals surface area contributed by atoms with Crippen molar-refractivity contribution in [3.05, 3.63) is 45.4 Å². The average Bonchev–Trinajstić information content (AvgIpc) is 3.02. The summed E-state index contributed by atoms with van der Waals surface area (Å²) < 4.78 is 0. The zero-order chi connectivity index (χ0) is 14.1. The van der Waals surface area contributed by atoms with Crippen molar-refractivity contribution in [1.82, 2.24) is 4.98 Å². The van der Waals surface area contributed by atoms with Crippen LogP contribution in [-0.4, -0.2) is 23.9 Å². The van der Waals surface area contributed by atoms with Crippen LogP contribution >= 0.6 is 11.3 Å². The fourth-order valence-electron chi connectivity index (χ4n) is 2.72. The second-order valence-corrected chi connectivity index (χ2v) is 6.19. The molecule has 2 heterocycles. The van der Waals surface area contributed by atoms with E-state index in [9.17, 15) is 4.79 Å². The van der Waals surface area contributed by atoms with Gasteiger partial charge in [0.25, 0.3) is 0 Å². The lowest BCUT2D eigenvalue weighted by Crippen LogP contribution is -2.23. The minimum absolute atomic E-state index is 0.145. The Morgan fingerprint density at radius 3 is 3.00 bits per heavy atom. The Balaban J connectivity index is 1.73. The highest BCUT2D eigenvalue weighted by Crippen LogP contribution is 2.29. The number of aromatic nitrogens is 1. The normalized spacial score (nSPS) is 13.6. The van der Waals surface area contributed by atoms with Crippen molar-refractivity contribution in [2.24, 2.45) is 0 Å². The highest BCUT2D eigenvalue weighted by Gasteiger charge is 2.20. The number of rotatable bonds is 4. The van der Waals surface area contributed by atoms with Crippen molar-refractivity contribution < 1.29 is 4.79 Å². The van der Waals surface area contributed by atoms with Crippen LogP contribution in [0.2, 0.25) is 0 Å². The zero-order valence-electron chi connectivity index (χ0n) is 11.8. The fourth-order valence-corrected chi connectivity index (χ4v) is 3.49. The van der Waals surface area contributed by atoms with Crippen LogP contribution in [0.5, 0.6) is 0 Å². The molecule has 0 aliphatic carbocycles. The number of hydrogen-bond acceptors (Lipinski definition) is 4. The predicted octanol–water partition coefficient (Wildman–Crippen LogP) is 3.26. The minimum atomic E-state index is 0.145. The van der Waals surface area contributed by atoms with Gasteiger partial charge in [-0.05, 0) is 44.0 Å². The summed E-state index contributed by atoms with van der Waals surface area (Å²) >= 11 is 1.74. The highest BCUT2D eigenvalue weighted by atomic mass is 32.1. The first-order valence-electron chi connectivity index (χ1n) is 6.93. The summed E-state index contributed by atoms with van der Waals surface area (Å²) in [4.78, 5) is 19.5. The van der Waals surface area contributed by atoms with Crippen molar-refractivity contribution >= 4 is 22.8 Å². The van der Waals surface area contributed by atoms with Gasteiger partial charge in [-0.25, -0.2) is 4.98 Å². The number of Topliss-reactive ketones (excluding diaryl/α,β-unsaturated/α-hetero) is 1. The molecular weight excluding hydrogens is 268 g/mol. The topological polar surface area (TPSA) is 33.2 Å². The van der Waals surface area contributed by atoms with Crippen molar-refractivity contribution in [2.45, 2.75) is 26.7 Å². The fraction of sp³-hybridized carbons (Fsp3) is 0.375. The maximum Gasteiger partial charge on any atom is 0.159 e. The van der Waals surface area contributed by atoms with Crippen LogP contribution in [0.25, 0.3) is 0 Å². The van der Waals surface area contributed by atoms with Gasteiger partial charge in [-0.2, -0.15) is 0 Å². The summed E-state index contributed by atoms with van der Waals surface area (Å²) in [6.45, 7) is 5.77. The highest BCUT2D eigenvalue weighted by molar-refractivity contribution is 7.09. The summed E-state index contributed by atoms with van der Waals surface area (Å²) in [5.74, 6) is 0.145. The third-order valence-electron chi connectivity index (χ3n) is 3.93. The first-order valence-corrected chi connectivity index (χ1v) is 7.81. The molecule has 1 aliphatic rings. The number of benzene rings is 1. The van der Waals surface area contributed by atoms with Gasteiger partial charge in [-0.15, -0.1) is 11.3 Å². The monoisotopic (exact) mass is 286 g/mol. The molecule has 0 atom stereocenters. The van der Waals surface area contributed by atoms with Gasteiger partial charge < -0.3 is 4.90 Å². The quantitative estimate of drug-likeness (QED) is 0.809. The Bertz CT molecular complexity index is 648. The van der Waals surface area contributed by atoms with E-state index in [1.165, 1.54) is 16.1 Å². The molecular formula is C16H18N2OS. The molecule has 20 heavy (non-hydrogen) atoms. The van der Waals surface area contributed by atoms with Crippen LogP contribution in [0.4, 0.5) is 5.69 Å². The summed E-state index contributed by atoms with van der Waals surface area (Å²) in [6.07, 6.45) is 2.09. The van der Waals surface area contributed by atoms with Crippen LogP contribution in [0, 0.1) is 6.92 Å². The molecule has 2 aromatic rings. The number of aryl methyl sites for hydroxylation is 1. The van der Waals surface area contributed by atoms with Crippen molar-refractivity contribution in [3.63, 3.8) is 0 Å². The second-order valence-electron chi connectivity index (χ2n) is 5.25. The Morgan fingerprint density at radius 2 is 2.30 bits per heavy atom. The van der Waals surface area contributed by atoms with Gasteiger partial charge in [0.1, 0.15) is 0 Å². The molecule has 0 bridgehead atoms. The van der Waals surface area contributed by atoms with E-state index in [1.54, 1.807) is 18.3 Å². The molecule has 0 radical (unpaired) electrons. The summed E-state index contributed by atoms with van der Waals surface area (Å²) in [5.41, 5.74) is 6.49. The van der Waals surface area contributed by atoms with E-state index in [2.05, 4.69) is 28.9 Å². The van der Waals surface area contributed by atoms with Crippen LogP contribution in [0.3, 0.4) is 0 Å². The first-order chi connectivity index (χ1) is 9.65.